The second kappa shape index (κ2) is 7.36. The van der Waals surface area contributed by atoms with Crippen LogP contribution in [-0.2, 0) is 14.8 Å². The normalized spacial score (nSPS) is 21.5. The Hall–Kier alpha value is -1.93. The van der Waals surface area contributed by atoms with Crippen molar-refractivity contribution in [2.24, 2.45) is 10.3 Å². The van der Waals surface area contributed by atoms with Gasteiger partial charge in [-0.15, -0.1) is 4.40 Å². The average Bonchev–Trinajstić information content (AvgIpc) is 3.09. The molecule has 2 aliphatic rings. The molecule has 7 nitrogen and oxygen atoms in total. The van der Waals surface area contributed by atoms with Gasteiger partial charge in [-0.05, 0) is 43.9 Å². The summed E-state index contributed by atoms with van der Waals surface area (Å²) in [6, 6.07) is 4.76. The van der Waals surface area contributed by atoms with Crippen LogP contribution in [0.4, 0.5) is 5.69 Å². The van der Waals surface area contributed by atoms with E-state index < -0.39 is 10.0 Å². The molecule has 0 spiro atoms. The molecule has 2 heterocycles. The summed E-state index contributed by atoms with van der Waals surface area (Å²) in [5.74, 6) is 0.477. The number of nitrogens with one attached hydrogen (secondary N) is 1. The predicted molar refractivity (Wildman–Crippen MR) is 100 cm³/mol. The van der Waals surface area contributed by atoms with E-state index in [0.29, 0.717) is 36.1 Å². The summed E-state index contributed by atoms with van der Waals surface area (Å²) in [6.07, 6.45) is 1.96. The first-order valence-electron chi connectivity index (χ1n) is 8.91. The summed E-state index contributed by atoms with van der Waals surface area (Å²) in [7, 11) is -3.80. The van der Waals surface area contributed by atoms with Crippen LogP contribution in [-0.4, -0.2) is 46.0 Å². The first kappa shape index (κ1) is 18.8. The monoisotopic (exact) mass is 379 g/mol. The summed E-state index contributed by atoms with van der Waals surface area (Å²) >= 11 is 0. The minimum absolute atomic E-state index is 0.0362. The number of nitrogens with zero attached hydrogens (tertiary/aromatic N) is 2. The van der Waals surface area contributed by atoms with Crippen LogP contribution in [0.25, 0.3) is 0 Å². The molecule has 0 saturated carbocycles. The number of fused-ring (bicyclic) bond motifs is 1. The topological polar surface area (TPSA) is 88.1 Å². The lowest BCUT2D eigenvalue weighted by molar-refractivity contribution is 0.0857. The molecule has 0 radical (unpaired) electrons. The van der Waals surface area contributed by atoms with E-state index in [1.54, 1.807) is 19.1 Å². The molecule has 0 bridgehead atoms. The zero-order valence-electron chi connectivity index (χ0n) is 15.4. The molecule has 1 N–H and O–H groups in total. The fourth-order valence-corrected chi connectivity index (χ4v) is 4.50. The Morgan fingerprint density at radius 3 is 2.85 bits per heavy atom. The van der Waals surface area contributed by atoms with Crippen LogP contribution in [0, 0.1) is 5.92 Å². The number of hydrogen-bond acceptors (Lipinski definition) is 5. The van der Waals surface area contributed by atoms with Crippen molar-refractivity contribution in [1.29, 1.82) is 0 Å². The van der Waals surface area contributed by atoms with Crippen molar-refractivity contribution in [3.8, 4) is 0 Å². The summed E-state index contributed by atoms with van der Waals surface area (Å²) in [6.45, 7) is 7.61. The van der Waals surface area contributed by atoms with Gasteiger partial charge in [-0.25, -0.2) is 0 Å². The van der Waals surface area contributed by atoms with Crippen molar-refractivity contribution < 1.29 is 17.9 Å². The van der Waals surface area contributed by atoms with Crippen LogP contribution >= 0.6 is 0 Å². The smallest absolute Gasteiger partial charge is 0.286 e. The molecule has 0 aromatic heterocycles. The highest BCUT2D eigenvalue weighted by atomic mass is 32.2. The van der Waals surface area contributed by atoms with Crippen molar-refractivity contribution in [3.05, 3.63) is 23.8 Å². The maximum Gasteiger partial charge on any atom is 0.286 e. The molecule has 142 valence electrons. The van der Waals surface area contributed by atoms with Gasteiger partial charge in [-0.2, -0.15) is 8.42 Å². The lowest BCUT2D eigenvalue weighted by atomic mass is 10.1. The van der Waals surface area contributed by atoms with Gasteiger partial charge in [0.1, 0.15) is 10.7 Å². The van der Waals surface area contributed by atoms with Crippen LogP contribution < -0.4 is 10.2 Å². The summed E-state index contributed by atoms with van der Waals surface area (Å²) in [5, 5.41) is 2.82. The van der Waals surface area contributed by atoms with Gasteiger partial charge >= 0.3 is 0 Å². The molecule has 1 aromatic rings. The van der Waals surface area contributed by atoms with Gasteiger partial charge in [0.2, 0.25) is 0 Å². The van der Waals surface area contributed by atoms with Crippen molar-refractivity contribution in [2.75, 3.05) is 24.6 Å². The first-order chi connectivity index (χ1) is 12.3. The number of amidine groups is 1. The maximum absolute atomic E-state index is 12.5. The largest absolute Gasteiger partial charge is 0.376 e. The van der Waals surface area contributed by atoms with Crippen LogP contribution in [0.3, 0.4) is 0 Å². The molecule has 2 aliphatic heterocycles. The minimum Gasteiger partial charge on any atom is -0.376 e. The highest BCUT2D eigenvalue weighted by Crippen LogP contribution is 2.33. The highest BCUT2D eigenvalue weighted by Gasteiger charge is 2.30. The summed E-state index contributed by atoms with van der Waals surface area (Å²) < 4.78 is 34.3. The number of sulfonamides is 1. The summed E-state index contributed by atoms with van der Waals surface area (Å²) in [5.41, 5.74) is 0.881. The Morgan fingerprint density at radius 1 is 1.42 bits per heavy atom. The number of hydrogen-bond donors (Lipinski definition) is 1. The molecule has 1 atom stereocenters. The lowest BCUT2D eigenvalue weighted by Gasteiger charge is -2.30. The van der Waals surface area contributed by atoms with E-state index in [1.165, 1.54) is 6.07 Å². The maximum atomic E-state index is 12.5. The average molecular weight is 379 g/mol. The molecule has 0 aliphatic carbocycles. The van der Waals surface area contributed by atoms with E-state index >= 15 is 0 Å². The van der Waals surface area contributed by atoms with Crippen molar-refractivity contribution in [2.45, 2.75) is 44.6 Å². The van der Waals surface area contributed by atoms with E-state index in [-0.39, 0.29) is 16.9 Å². The standard InChI is InChI=1S/C18H25N3O4S/c1-12(2)11-21-13(3)20-26(23,24)17-9-14(6-7-16(17)21)18(22)19-10-15-5-4-8-25-15/h6-7,9,12,15H,4-5,8,10-11H2,1-3H3,(H,19,22)/t15-/m1/s1. The van der Waals surface area contributed by atoms with E-state index in [1.807, 2.05) is 4.90 Å². The lowest BCUT2D eigenvalue weighted by Crippen LogP contribution is -2.37. The Labute approximate surface area is 154 Å². The Kier molecular flexibility index (Phi) is 5.34. The van der Waals surface area contributed by atoms with Gasteiger partial charge in [0, 0.05) is 25.3 Å². The molecule has 1 aromatic carbocycles. The first-order valence-corrected chi connectivity index (χ1v) is 10.3. The zero-order chi connectivity index (χ0) is 18.9. The molecule has 1 saturated heterocycles. The third-order valence-corrected chi connectivity index (χ3v) is 5.88. The molecule has 1 amide bonds. The van der Waals surface area contributed by atoms with Gasteiger partial charge in [-0.1, -0.05) is 13.8 Å². The third kappa shape index (κ3) is 3.91. The van der Waals surface area contributed by atoms with E-state index in [9.17, 15) is 13.2 Å². The molecule has 0 unspecified atom stereocenters. The fraction of sp³-hybridized carbons (Fsp3) is 0.556. The van der Waals surface area contributed by atoms with E-state index in [2.05, 4.69) is 23.6 Å². The SMILES string of the molecule is CC1=NS(=O)(=O)c2cc(C(=O)NC[C@H]3CCCO3)ccc2N1CC(C)C. The fourth-order valence-electron chi connectivity index (χ4n) is 3.24. The van der Waals surface area contributed by atoms with Gasteiger partial charge in [0.05, 0.1) is 11.8 Å². The molecule has 3 rings (SSSR count). The molecular formula is C18H25N3O4S. The molecule has 8 heteroatoms. The number of carbonyl (C=O) groups is 1. The minimum atomic E-state index is -3.80. The van der Waals surface area contributed by atoms with Crippen molar-refractivity contribution in [1.82, 2.24) is 5.32 Å². The van der Waals surface area contributed by atoms with Crippen molar-refractivity contribution >= 4 is 27.5 Å². The Balaban J connectivity index is 1.85. The van der Waals surface area contributed by atoms with E-state index in [4.69, 9.17) is 4.74 Å². The zero-order valence-corrected chi connectivity index (χ0v) is 16.2. The predicted octanol–water partition coefficient (Wildman–Crippen LogP) is 2.18. The highest BCUT2D eigenvalue weighted by molar-refractivity contribution is 7.90. The van der Waals surface area contributed by atoms with Gasteiger partial charge in [0.15, 0.2) is 0 Å². The quantitative estimate of drug-likeness (QED) is 0.847. The number of anilines is 1. The second-order valence-corrected chi connectivity index (χ2v) is 8.72. The molecule has 1 fully saturated rings. The van der Waals surface area contributed by atoms with Gasteiger partial charge in [-0.3, -0.25) is 4.79 Å². The van der Waals surface area contributed by atoms with Gasteiger partial charge in [0.25, 0.3) is 15.9 Å². The van der Waals surface area contributed by atoms with Crippen molar-refractivity contribution in [3.63, 3.8) is 0 Å². The van der Waals surface area contributed by atoms with E-state index in [0.717, 1.165) is 19.4 Å². The third-order valence-electron chi connectivity index (χ3n) is 4.50. The Morgan fingerprint density at radius 2 is 2.19 bits per heavy atom. The number of ether oxygens (including phenoxy) is 1. The van der Waals surface area contributed by atoms with Crippen LogP contribution in [0.5, 0.6) is 0 Å². The molecular weight excluding hydrogens is 354 g/mol. The number of carbonyl (C=O) groups excluding carboxylic acids is 1. The van der Waals surface area contributed by atoms with Crippen LogP contribution in [0.2, 0.25) is 0 Å². The van der Waals surface area contributed by atoms with Gasteiger partial charge < -0.3 is 15.0 Å². The number of rotatable bonds is 5. The van der Waals surface area contributed by atoms with Crippen LogP contribution in [0.1, 0.15) is 44.0 Å². The number of amides is 1. The number of benzene rings is 1. The van der Waals surface area contributed by atoms with Crippen LogP contribution in [0.15, 0.2) is 27.5 Å². The second-order valence-electron chi connectivity index (χ2n) is 7.15. The summed E-state index contributed by atoms with van der Waals surface area (Å²) in [4.78, 5) is 14.4. The Bertz CT molecular complexity index is 827. The molecule has 26 heavy (non-hydrogen) atoms.